The van der Waals surface area contributed by atoms with Crippen LogP contribution in [0.15, 0.2) is 12.2 Å². The Morgan fingerprint density at radius 1 is 0.500 bits per heavy atom. The van der Waals surface area contributed by atoms with Crippen LogP contribution in [-0.2, 0) is 32.7 Å². The molecule has 10 nitrogen and oxygen atoms in total. The number of hydrogen-bond donors (Lipinski definition) is 3. The van der Waals surface area contributed by atoms with Crippen LogP contribution >= 0.6 is 7.82 Å². The molecule has 0 bridgehead atoms. The lowest BCUT2D eigenvalue weighted by atomic mass is 10.0. The molecule has 0 spiro atoms. The third-order valence-electron chi connectivity index (χ3n) is 10.7. The van der Waals surface area contributed by atoms with Crippen molar-refractivity contribution in [1.29, 1.82) is 0 Å². The van der Waals surface area contributed by atoms with Gasteiger partial charge in [0.2, 0.25) is 0 Å². The molecule has 0 saturated heterocycles. The van der Waals surface area contributed by atoms with Gasteiger partial charge in [-0.25, -0.2) is 4.57 Å². The molecular formula is C47H91O10P. The molecule has 0 saturated carbocycles. The van der Waals surface area contributed by atoms with Crippen molar-refractivity contribution in [3.8, 4) is 0 Å². The van der Waals surface area contributed by atoms with Crippen LogP contribution in [0, 0.1) is 0 Å². The van der Waals surface area contributed by atoms with Gasteiger partial charge < -0.3 is 24.6 Å². The second kappa shape index (κ2) is 43.8. The molecule has 0 fully saturated rings. The molecule has 0 heterocycles. The van der Waals surface area contributed by atoms with Gasteiger partial charge in [0.1, 0.15) is 12.7 Å². The lowest BCUT2D eigenvalue weighted by molar-refractivity contribution is -0.161. The first kappa shape index (κ1) is 56.7. The van der Waals surface area contributed by atoms with E-state index in [1.54, 1.807) is 0 Å². The van der Waals surface area contributed by atoms with Crippen molar-refractivity contribution in [3.63, 3.8) is 0 Å². The summed E-state index contributed by atoms with van der Waals surface area (Å²) < 4.78 is 32.8. The quantitative estimate of drug-likeness (QED) is 0.0234. The van der Waals surface area contributed by atoms with Gasteiger partial charge in [-0.15, -0.1) is 0 Å². The maximum Gasteiger partial charge on any atom is 0.472 e. The molecule has 0 rings (SSSR count). The molecule has 344 valence electrons. The first-order valence-electron chi connectivity index (χ1n) is 24.1. The zero-order valence-electron chi connectivity index (χ0n) is 37.5. The van der Waals surface area contributed by atoms with E-state index in [0.717, 1.165) is 32.1 Å². The Hall–Kier alpha value is -1.29. The van der Waals surface area contributed by atoms with E-state index in [1.165, 1.54) is 167 Å². The Morgan fingerprint density at radius 3 is 1.29 bits per heavy atom. The van der Waals surface area contributed by atoms with Crippen molar-refractivity contribution < 1.29 is 47.8 Å². The minimum atomic E-state index is -4.61. The van der Waals surface area contributed by atoms with Crippen LogP contribution < -0.4 is 0 Å². The van der Waals surface area contributed by atoms with Gasteiger partial charge in [0.25, 0.3) is 0 Å². The first-order valence-corrected chi connectivity index (χ1v) is 25.6. The number of allylic oxidation sites excluding steroid dienone is 2. The van der Waals surface area contributed by atoms with Crippen molar-refractivity contribution in [1.82, 2.24) is 0 Å². The fraction of sp³-hybridized carbons (Fsp3) is 0.915. The number of carbonyl (C=O) groups is 2. The number of phosphoric ester groups is 1. The number of phosphoric acid groups is 1. The number of aliphatic hydroxyl groups excluding tert-OH is 2. The fourth-order valence-electron chi connectivity index (χ4n) is 6.92. The molecule has 0 aromatic rings. The van der Waals surface area contributed by atoms with E-state index in [9.17, 15) is 24.2 Å². The summed E-state index contributed by atoms with van der Waals surface area (Å²) in [6.45, 7) is 2.40. The second-order valence-corrected chi connectivity index (χ2v) is 17.9. The van der Waals surface area contributed by atoms with Gasteiger partial charge in [-0.05, 0) is 32.1 Å². The van der Waals surface area contributed by atoms with E-state index in [-0.39, 0.29) is 19.4 Å². The SMILES string of the molecule is CCCC/C=C/CCCCCCCCCCCC(=O)O[C@H](COC(=O)CCCCCCCCCCCCCCCCCCCCCC)COP(=O)(O)OC[C@H](O)CO. The number of aliphatic hydroxyl groups is 2. The Morgan fingerprint density at radius 2 is 0.862 bits per heavy atom. The number of ether oxygens (including phenoxy) is 2. The van der Waals surface area contributed by atoms with Crippen LogP contribution in [0.1, 0.15) is 239 Å². The monoisotopic (exact) mass is 847 g/mol. The van der Waals surface area contributed by atoms with Gasteiger partial charge in [0.15, 0.2) is 6.10 Å². The molecule has 0 amide bonds. The molecule has 0 aromatic heterocycles. The maximum atomic E-state index is 12.6. The third kappa shape index (κ3) is 42.8. The Kier molecular flexibility index (Phi) is 42.8. The van der Waals surface area contributed by atoms with Gasteiger partial charge in [-0.2, -0.15) is 0 Å². The van der Waals surface area contributed by atoms with Crippen LogP contribution in [0.25, 0.3) is 0 Å². The van der Waals surface area contributed by atoms with Crippen LogP contribution in [0.2, 0.25) is 0 Å². The van der Waals surface area contributed by atoms with E-state index in [1.807, 2.05) is 0 Å². The van der Waals surface area contributed by atoms with E-state index in [4.69, 9.17) is 23.6 Å². The van der Waals surface area contributed by atoms with E-state index in [0.29, 0.717) is 12.8 Å². The summed E-state index contributed by atoms with van der Waals surface area (Å²) in [5.41, 5.74) is 0. The highest BCUT2D eigenvalue weighted by Crippen LogP contribution is 2.43. The van der Waals surface area contributed by atoms with Gasteiger partial charge in [0.05, 0.1) is 19.8 Å². The summed E-state index contributed by atoms with van der Waals surface area (Å²) in [5, 5.41) is 18.4. The summed E-state index contributed by atoms with van der Waals surface area (Å²) in [4.78, 5) is 35.1. The zero-order valence-corrected chi connectivity index (χ0v) is 38.4. The molecular weight excluding hydrogens is 755 g/mol. The Labute approximate surface area is 356 Å². The molecule has 0 aromatic carbocycles. The van der Waals surface area contributed by atoms with Gasteiger partial charge >= 0.3 is 19.8 Å². The van der Waals surface area contributed by atoms with Gasteiger partial charge in [-0.1, -0.05) is 206 Å². The fourth-order valence-corrected chi connectivity index (χ4v) is 7.71. The average Bonchev–Trinajstić information content (AvgIpc) is 3.21. The summed E-state index contributed by atoms with van der Waals surface area (Å²) in [7, 11) is -4.61. The van der Waals surface area contributed by atoms with Gasteiger partial charge in [-0.3, -0.25) is 18.6 Å². The molecule has 3 N–H and O–H groups in total. The number of hydrogen-bond acceptors (Lipinski definition) is 9. The number of carbonyl (C=O) groups excluding carboxylic acids is 2. The maximum absolute atomic E-state index is 12.6. The predicted octanol–water partition coefficient (Wildman–Crippen LogP) is 13.2. The third-order valence-corrected chi connectivity index (χ3v) is 11.6. The van der Waals surface area contributed by atoms with E-state index >= 15 is 0 Å². The van der Waals surface area contributed by atoms with E-state index < -0.39 is 51.8 Å². The van der Waals surface area contributed by atoms with Crippen molar-refractivity contribution in [2.75, 3.05) is 26.4 Å². The highest BCUT2D eigenvalue weighted by Gasteiger charge is 2.27. The normalized spacial score (nSPS) is 13.8. The molecule has 58 heavy (non-hydrogen) atoms. The van der Waals surface area contributed by atoms with Crippen LogP contribution in [0.4, 0.5) is 0 Å². The minimum absolute atomic E-state index is 0.186. The number of unbranched alkanes of at least 4 members (excludes halogenated alkanes) is 30. The topological polar surface area (TPSA) is 149 Å². The highest BCUT2D eigenvalue weighted by molar-refractivity contribution is 7.47. The first-order chi connectivity index (χ1) is 28.2. The molecule has 11 heteroatoms. The number of rotatable bonds is 46. The molecule has 0 aliphatic heterocycles. The lowest BCUT2D eigenvalue weighted by Gasteiger charge is -2.20. The summed E-state index contributed by atoms with van der Waals surface area (Å²) in [5.74, 6) is -0.913. The molecule has 1 unspecified atom stereocenters. The minimum Gasteiger partial charge on any atom is -0.462 e. The van der Waals surface area contributed by atoms with Crippen molar-refractivity contribution in [2.45, 2.75) is 251 Å². The molecule has 0 radical (unpaired) electrons. The van der Waals surface area contributed by atoms with Crippen LogP contribution in [-0.4, -0.2) is 65.7 Å². The summed E-state index contributed by atoms with van der Waals surface area (Å²) >= 11 is 0. The van der Waals surface area contributed by atoms with Crippen molar-refractivity contribution in [3.05, 3.63) is 12.2 Å². The molecule has 3 atom stereocenters. The second-order valence-electron chi connectivity index (χ2n) is 16.5. The predicted molar refractivity (Wildman–Crippen MR) is 238 cm³/mol. The van der Waals surface area contributed by atoms with Crippen molar-refractivity contribution in [2.24, 2.45) is 0 Å². The molecule has 0 aliphatic rings. The Bertz CT molecular complexity index is 977. The Balaban J connectivity index is 4.16. The van der Waals surface area contributed by atoms with Gasteiger partial charge in [0, 0.05) is 12.8 Å². The van der Waals surface area contributed by atoms with Crippen LogP contribution in [0.3, 0.4) is 0 Å². The lowest BCUT2D eigenvalue weighted by Crippen LogP contribution is -2.29. The highest BCUT2D eigenvalue weighted by atomic mass is 31.2. The van der Waals surface area contributed by atoms with E-state index in [2.05, 4.69) is 26.0 Å². The van der Waals surface area contributed by atoms with Crippen molar-refractivity contribution >= 4 is 19.8 Å². The molecule has 0 aliphatic carbocycles. The standard InChI is InChI=1S/C47H91O10P/c1-3-5-7-9-11-13-15-17-19-20-21-22-23-25-26-28-30-32-34-36-38-46(50)54-42-45(43-56-58(52,53)55-41-44(49)40-48)57-47(51)39-37-35-33-31-29-27-24-18-16-14-12-10-8-6-4-2/h10,12,44-45,48-49H,3-9,11,13-43H2,1-2H3,(H,52,53)/b12-10+/t44-,45-/m1/s1. The summed E-state index contributed by atoms with van der Waals surface area (Å²) in [6, 6.07) is 0. The van der Waals surface area contributed by atoms with Crippen LogP contribution in [0.5, 0.6) is 0 Å². The zero-order chi connectivity index (χ0) is 42.6. The average molecular weight is 847 g/mol. The largest absolute Gasteiger partial charge is 0.472 e. The number of esters is 2. The smallest absolute Gasteiger partial charge is 0.462 e. The summed E-state index contributed by atoms with van der Waals surface area (Å²) in [6.07, 6.45) is 43.2.